The Bertz CT molecular complexity index is 830. The van der Waals surface area contributed by atoms with Crippen LogP contribution in [0.1, 0.15) is 44.7 Å². The summed E-state index contributed by atoms with van der Waals surface area (Å²) in [6.45, 7) is 1.25. The zero-order chi connectivity index (χ0) is 17.4. The second kappa shape index (κ2) is 6.61. The molecule has 1 aliphatic heterocycles. The topological polar surface area (TPSA) is 75.4 Å². The Kier molecular flexibility index (Phi) is 4.31. The van der Waals surface area contributed by atoms with Crippen molar-refractivity contribution < 1.29 is 9.59 Å². The Morgan fingerprint density at radius 3 is 2.84 bits per heavy atom. The fraction of sp³-hybridized carbons (Fsp3) is 0.368. The molecule has 2 aromatic rings. The Balaban J connectivity index is 1.51. The SMILES string of the molecule is N[C@@H]1CCN(C(=O)c2ccsc2NC(=O)c2ccc3c(c2)CCC3)C1. The van der Waals surface area contributed by atoms with Crippen LogP contribution in [-0.4, -0.2) is 35.8 Å². The number of hydrogen-bond acceptors (Lipinski definition) is 4. The number of carbonyl (C=O) groups excluding carboxylic acids is 2. The minimum absolute atomic E-state index is 0.0482. The van der Waals surface area contributed by atoms with Crippen molar-refractivity contribution in [3.8, 4) is 0 Å². The fourth-order valence-corrected chi connectivity index (χ4v) is 4.38. The van der Waals surface area contributed by atoms with Gasteiger partial charge in [0.05, 0.1) is 5.56 Å². The highest BCUT2D eigenvalue weighted by atomic mass is 32.1. The maximum absolute atomic E-state index is 12.7. The van der Waals surface area contributed by atoms with Crippen LogP contribution in [0.4, 0.5) is 5.00 Å². The lowest BCUT2D eigenvalue weighted by Gasteiger charge is -2.16. The van der Waals surface area contributed by atoms with Gasteiger partial charge in [-0.15, -0.1) is 11.3 Å². The van der Waals surface area contributed by atoms with Gasteiger partial charge in [0.1, 0.15) is 5.00 Å². The molecule has 5 nitrogen and oxygen atoms in total. The molecule has 2 aliphatic rings. The number of rotatable bonds is 3. The summed E-state index contributed by atoms with van der Waals surface area (Å²) >= 11 is 1.38. The van der Waals surface area contributed by atoms with Crippen molar-refractivity contribution in [2.45, 2.75) is 31.7 Å². The first-order valence-corrected chi connectivity index (χ1v) is 9.55. The average molecular weight is 355 g/mol. The van der Waals surface area contributed by atoms with E-state index in [1.165, 1.54) is 22.5 Å². The van der Waals surface area contributed by atoms with E-state index in [4.69, 9.17) is 5.73 Å². The second-order valence-electron chi connectivity index (χ2n) is 6.75. The molecular formula is C19H21N3O2S. The van der Waals surface area contributed by atoms with Crippen molar-refractivity contribution in [1.29, 1.82) is 0 Å². The standard InChI is InChI=1S/C19H21N3O2S/c20-15-6-8-22(11-15)19(24)16-7-9-25-18(16)21-17(23)14-5-4-12-2-1-3-13(12)10-14/h4-5,7,9-10,15H,1-3,6,8,11,20H2,(H,21,23)/t15-/m1/s1. The molecule has 25 heavy (non-hydrogen) atoms. The number of anilines is 1. The highest BCUT2D eigenvalue weighted by Crippen LogP contribution is 2.28. The minimum atomic E-state index is -0.163. The Hall–Kier alpha value is -2.18. The van der Waals surface area contributed by atoms with Gasteiger partial charge in [0.15, 0.2) is 0 Å². The Morgan fingerprint density at radius 1 is 1.20 bits per heavy atom. The smallest absolute Gasteiger partial charge is 0.256 e. The molecule has 1 aromatic heterocycles. The zero-order valence-corrected chi connectivity index (χ0v) is 14.8. The summed E-state index contributed by atoms with van der Waals surface area (Å²) in [6.07, 6.45) is 4.11. The quantitative estimate of drug-likeness (QED) is 0.889. The normalized spacial score (nSPS) is 19.1. The number of nitrogens with one attached hydrogen (secondary N) is 1. The molecule has 1 aliphatic carbocycles. The van der Waals surface area contributed by atoms with Crippen molar-refractivity contribution in [3.63, 3.8) is 0 Å². The molecule has 0 radical (unpaired) electrons. The molecule has 0 bridgehead atoms. The Labute approximate surface area is 150 Å². The van der Waals surface area contributed by atoms with Crippen LogP contribution >= 0.6 is 11.3 Å². The molecule has 1 saturated heterocycles. The molecule has 4 rings (SSSR count). The van der Waals surface area contributed by atoms with E-state index >= 15 is 0 Å². The molecule has 1 fully saturated rings. The molecule has 0 saturated carbocycles. The predicted molar refractivity (Wildman–Crippen MR) is 99.2 cm³/mol. The molecule has 1 atom stereocenters. The van der Waals surface area contributed by atoms with Gasteiger partial charge in [0, 0.05) is 24.7 Å². The van der Waals surface area contributed by atoms with Gasteiger partial charge >= 0.3 is 0 Å². The summed E-state index contributed by atoms with van der Waals surface area (Å²) in [6, 6.07) is 7.71. The molecule has 0 spiro atoms. The van der Waals surface area contributed by atoms with Crippen LogP contribution < -0.4 is 11.1 Å². The Morgan fingerprint density at radius 2 is 2.04 bits per heavy atom. The number of fused-ring (bicyclic) bond motifs is 1. The highest BCUT2D eigenvalue weighted by Gasteiger charge is 2.27. The van der Waals surface area contributed by atoms with Gasteiger partial charge in [-0.25, -0.2) is 0 Å². The molecule has 130 valence electrons. The number of benzene rings is 1. The summed E-state index contributed by atoms with van der Waals surface area (Å²) in [7, 11) is 0. The van der Waals surface area contributed by atoms with Crippen LogP contribution in [-0.2, 0) is 12.8 Å². The van der Waals surface area contributed by atoms with Crippen LogP contribution in [0.2, 0.25) is 0 Å². The van der Waals surface area contributed by atoms with Gasteiger partial charge in [-0.3, -0.25) is 9.59 Å². The number of nitrogens with two attached hydrogens (primary N) is 1. The van der Waals surface area contributed by atoms with Gasteiger partial charge in [-0.1, -0.05) is 6.07 Å². The molecular weight excluding hydrogens is 334 g/mol. The van der Waals surface area contributed by atoms with E-state index in [0.29, 0.717) is 29.2 Å². The van der Waals surface area contributed by atoms with Crippen LogP contribution in [0, 0.1) is 0 Å². The third kappa shape index (κ3) is 3.19. The number of thiophene rings is 1. The van der Waals surface area contributed by atoms with E-state index in [2.05, 4.69) is 5.32 Å². The maximum Gasteiger partial charge on any atom is 0.256 e. The summed E-state index contributed by atoms with van der Waals surface area (Å²) in [5.74, 6) is -0.220. The molecule has 3 N–H and O–H groups in total. The number of carbonyl (C=O) groups is 2. The third-order valence-electron chi connectivity index (χ3n) is 5.00. The second-order valence-corrected chi connectivity index (χ2v) is 7.67. The van der Waals surface area contributed by atoms with Crippen LogP contribution in [0.15, 0.2) is 29.6 Å². The maximum atomic E-state index is 12.7. The van der Waals surface area contributed by atoms with Crippen molar-refractivity contribution in [2.24, 2.45) is 5.73 Å². The minimum Gasteiger partial charge on any atom is -0.337 e. The lowest BCUT2D eigenvalue weighted by Crippen LogP contribution is -2.32. The summed E-state index contributed by atoms with van der Waals surface area (Å²) < 4.78 is 0. The first-order chi connectivity index (χ1) is 12.1. The van der Waals surface area contributed by atoms with E-state index in [1.54, 1.807) is 11.0 Å². The monoisotopic (exact) mass is 355 g/mol. The first-order valence-electron chi connectivity index (χ1n) is 8.67. The zero-order valence-electron chi connectivity index (χ0n) is 14.0. The first kappa shape index (κ1) is 16.3. The largest absolute Gasteiger partial charge is 0.337 e. The average Bonchev–Trinajstić information content (AvgIpc) is 3.33. The van der Waals surface area contributed by atoms with Gasteiger partial charge in [0.2, 0.25) is 0 Å². The predicted octanol–water partition coefficient (Wildman–Crippen LogP) is 2.66. The van der Waals surface area contributed by atoms with Gasteiger partial charge in [0.25, 0.3) is 11.8 Å². The third-order valence-corrected chi connectivity index (χ3v) is 5.83. The number of amides is 2. The van der Waals surface area contributed by atoms with E-state index < -0.39 is 0 Å². The van der Waals surface area contributed by atoms with Gasteiger partial charge in [-0.2, -0.15) is 0 Å². The van der Waals surface area contributed by atoms with Crippen molar-refractivity contribution in [3.05, 3.63) is 51.9 Å². The lowest BCUT2D eigenvalue weighted by molar-refractivity contribution is 0.0792. The summed E-state index contributed by atoms with van der Waals surface area (Å²) in [5.41, 5.74) is 9.70. The molecule has 2 heterocycles. The fourth-order valence-electron chi connectivity index (χ4n) is 3.60. The van der Waals surface area contributed by atoms with E-state index in [-0.39, 0.29) is 17.9 Å². The number of likely N-dealkylation sites (tertiary alicyclic amines) is 1. The lowest BCUT2D eigenvalue weighted by atomic mass is 10.1. The van der Waals surface area contributed by atoms with Crippen LogP contribution in [0.5, 0.6) is 0 Å². The van der Waals surface area contributed by atoms with Crippen LogP contribution in [0.25, 0.3) is 0 Å². The summed E-state index contributed by atoms with van der Waals surface area (Å²) in [4.78, 5) is 27.0. The van der Waals surface area contributed by atoms with Crippen LogP contribution in [0.3, 0.4) is 0 Å². The molecule has 2 amide bonds. The summed E-state index contributed by atoms with van der Waals surface area (Å²) in [5, 5.41) is 5.36. The number of aryl methyl sites for hydroxylation is 2. The van der Waals surface area contributed by atoms with Gasteiger partial charge in [-0.05, 0) is 60.4 Å². The van der Waals surface area contributed by atoms with Gasteiger partial charge < -0.3 is 16.0 Å². The van der Waals surface area contributed by atoms with E-state index in [1.807, 2.05) is 23.6 Å². The number of nitrogens with zero attached hydrogens (tertiary/aromatic N) is 1. The molecule has 6 heteroatoms. The molecule has 1 aromatic carbocycles. The molecule has 0 unspecified atom stereocenters. The number of hydrogen-bond donors (Lipinski definition) is 2. The van der Waals surface area contributed by atoms with E-state index in [9.17, 15) is 9.59 Å². The van der Waals surface area contributed by atoms with E-state index in [0.717, 1.165) is 25.7 Å². The van der Waals surface area contributed by atoms with Crippen molar-refractivity contribution >= 4 is 28.2 Å². The van der Waals surface area contributed by atoms with Crippen molar-refractivity contribution in [1.82, 2.24) is 4.90 Å². The van der Waals surface area contributed by atoms with Crippen molar-refractivity contribution in [2.75, 3.05) is 18.4 Å². The highest BCUT2D eigenvalue weighted by molar-refractivity contribution is 7.14.